The summed E-state index contributed by atoms with van der Waals surface area (Å²) in [5.74, 6) is 0.313. The molecule has 0 atom stereocenters. The number of halogens is 1. The van der Waals surface area contributed by atoms with E-state index in [-0.39, 0.29) is 5.75 Å². The fourth-order valence-electron chi connectivity index (χ4n) is 2.27. The number of hydrogen-bond acceptors (Lipinski definition) is 2. The summed E-state index contributed by atoms with van der Waals surface area (Å²) < 4.78 is 19.5. The summed E-state index contributed by atoms with van der Waals surface area (Å²) in [6, 6.07) is 17.7. The number of rotatable bonds is 2. The molecule has 21 heavy (non-hydrogen) atoms. The van der Waals surface area contributed by atoms with Gasteiger partial charge in [0, 0.05) is 10.8 Å². The summed E-state index contributed by atoms with van der Waals surface area (Å²) in [6.45, 7) is 1.88. The van der Waals surface area contributed by atoms with Crippen LogP contribution in [0.3, 0.4) is 0 Å². The topological polar surface area (TPSA) is 33.0 Å². The van der Waals surface area contributed by atoms with Crippen molar-refractivity contribution in [2.24, 2.45) is 0 Å². The van der Waals surface area contributed by atoms with Crippen molar-refractivity contribution in [3.05, 3.63) is 71.5 Å². The lowest BCUT2D eigenvalue weighted by Crippen LogP contribution is -1.91. The molecule has 3 rings (SSSR count). The number of nitrogens with zero attached hydrogens (tertiary/aromatic N) is 1. The number of fused-ring (bicyclic) bond motifs is 1. The first kappa shape index (κ1) is 13.1. The predicted octanol–water partition coefficient (Wildman–Crippen LogP) is 4.95. The molecule has 0 amide bonds. The summed E-state index contributed by atoms with van der Waals surface area (Å²) in [7, 11) is 0. The minimum Gasteiger partial charge on any atom is -0.454 e. The molecule has 102 valence electrons. The van der Waals surface area contributed by atoms with Crippen molar-refractivity contribution in [3.8, 4) is 17.6 Å². The van der Waals surface area contributed by atoms with Crippen LogP contribution in [0.4, 0.5) is 4.39 Å². The molecule has 0 saturated heterocycles. The van der Waals surface area contributed by atoms with Crippen LogP contribution in [-0.2, 0) is 0 Å². The molecule has 3 aromatic rings. The average molecular weight is 277 g/mol. The Morgan fingerprint density at radius 2 is 1.71 bits per heavy atom. The lowest BCUT2D eigenvalue weighted by atomic mass is 10.0. The van der Waals surface area contributed by atoms with Crippen LogP contribution >= 0.6 is 0 Å². The summed E-state index contributed by atoms with van der Waals surface area (Å²) in [5, 5.41) is 10.7. The molecule has 0 N–H and O–H groups in total. The SMILES string of the molecule is Cc1ccc(F)c(Oc2ccc(C#N)c3ccccc23)c1. The van der Waals surface area contributed by atoms with Gasteiger partial charge in [0.1, 0.15) is 5.75 Å². The first-order valence-electron chi connectivity index (χ1n) is 6.55. The number of ether oxygens (including phenoxy) is 1. The van der Waals surface area contributed by atoms with Crippen molar-refractivity contribution in [2.45, 2.75) is 6.92 Å². The Kier molecular flexibility index (Phi) is 3.29. The van der Waals surface area contributed by atoms with E-state index in [0.717, 1.165) is 16.3 Å². The third-order valence-electron chi connectivity index (χ3n) is 3.31. The zero-order valence-electron chi connectivity index (χ0n) is 11.4. The van der Waals surface area contributed by atoms with Gasteiger partial charge in [0.2, 0.25) is 0 Å². The van der Waals surface area contributed by atoms with Crippen molar-refractivity contribution < 1.29 is 9.13 Å². The van der Waals surface area contributed by atoms with Gasteiger partial charge in [-0.2, -0.15) is 5.26 Å². The monoisotopic (exact) mass is 277 g/mol. The van der Waals surface area contributed by atoms with Crippen molar-refractivity contribution in [1.82, 2.24) is 0 Å². The van der Waals surface area contributed by atoms with Crippen LogP contribution in [0.5, 0.6) is 11.5 Å². The second-order valence-corrected chi connectivity index (χ2v) is 4.80. The van der Waals surface area contributed by atoms with Crippen LogP contribution < -0.4 is 4.74 Å². The largest absolute Gasteiger partial charge is 0.454 e. The minimum atomic E-state index is -0.408. The molecule has 0 saturated carbocycles. The third kappa shape index (κ3) is 2.44. The minimum absolute atomic E-state index is 0.185. The number of benzene rings is 3. The molecule has 2 nitrogen and oxygen atoms in total. The zero-order valence-corrected chi connectivity index (χ0v) is 11.4. The van der Waals surface area contributed by atoms with Gasteiger partial charge in [0.15, 0.2) is 11.6 Å². The molecule has 0 aromatic heterocycles. The molecule has 3 aromatic carbocycles. The first-order chi connectivity index (χ1) is 10.2. The Morgan fingerprint density at radius 1 is 0.952 bits per heavy atom. The molecular formula is C18H12FNO. The van der Waals surface area contributed by atoms with E-state index in [4.69, 9.17) is 10.00 Å². The van der Waals surface area contributed by atoms with E-state index >= 15 is 0 Å². The number of aryl methyl sites for hydroxylation is 1. The lowest BCUT2D eigenvalue weighted by Gasteiger charge is -2.11. The maximum absolute atomic E-state index is 13.8. The number of nitriles is 1. The Bertz CT molecular complexity index is 865. The quantitative estimate of drug-likeness (QED) is 0.663. The highest BCUT2D eigenvalue weighted by Crippen LogP contribution is 2.33. The molecule has 0 aliphatic heterocycles. The fraction of sp³-hybridized carbons (Fsp3) is 0.0556. The molecule has 0 heterocycles. The Morgan fingerprint density at radius 3 is 2.48 bits per heavy atom. The summed E-state index contributed by atoms with van der Waals surface area (Å²) in [4.78, 5) is 0. The average Bonchev–Trinajstić information content (AvgIpc) is 2.51. The highest BCUT2D eigenvalue weighted by Gasteiger charge is 2.10. The molecule has 0 radical (unpaired) electrons. The maximum atomic E-state index is 13.8. The molecule has 0 spiro atoms. The van der Waals surface area contributed by atoms with E-state index in [1.54, 1.807) is 24.3 Å². The normalized spacial score (nSPS) is 10.3. The number of hydrogen-bond donors (Lipinski definition) is 0. The molecule has 0 aliphatic carbocycles. The molecule has 0 aliphatic rings. The van der Waals surface area contributed by atoms with E-state index < -0.39 is 5.82 Å². The molecule has 0 unspecified atom stereocenters. The van der Waals surface area contributed by atoms with E-state index in [1.165, 1.54) is 6.07 Å². The van der Waals surface area contributed by atoms with Crippen molar-refractivity contribution in [3.63, 3.8) is 0 Å². The summed E-state index contributed by atoms with van der Waals surface area (Å²) in [5.41, 5.74) is 1.49. The van der Waals surface area contributed by atoms with Crippen molar-refractivity contribution in [1.29, 1.82) is 5.26 Å². The van der Waals surface area contributed by atoms with Gasteiger partial charge in [-0.1, -0.05) is 30.3 Å². The van der Waals surface area contributed by atoms with Gasteiger partial charge >= 0.3 is 0 Å². The van der Waals surface area contributed by atoms with Gasteiger partial charge in [0.25, 0.3) is 0 Å². The van der Waals surface area contributed by atoms with E-state index in [2.05, 4.69) is 6.07 Å². The van der Waals surface area contributed by atoms with Gasteiger partial charge in [-0.15, -0.1) is 0 Å². The van der Waals surface area contributed by atoms with E-state index in [0.29, 0.717) is 11.3 Å². The highest BCUT2D eigenvalue weighted by molar-refractivity contribution is 5.92. The van der Waals surface area contributed by atoms with Crippen molar-refractivity contribution in [2.75, 3.05) is 0 Å². The Hall–Kier alpha value is -2.86. The standard InChI is InChI=1S/C18H12FNO/c1-12-6-8-16(19)18(10-12)21-17-9-7-13(11-20)14-4-2-3-5-15(14)17/h2-10H,1H3. The fourth-order valence-corrected chi connectivity index (χ4v) is 2.27. The molecule has 0 bridgehead atoms. The van der Waals surface area contributed by atoms with Gasteiger partial charge in [0.05, 0.1) is 11.6 Å². The summed E-state index contributed by atoms with van der Waals surface area (Å²) >= 11 is 0. The Balaban J connectivity index is 2.14. The highest BCUT2D eigenvalue weighted by atomic mass is 19.1. The van der Waals surface area contributed by atoms with Crippen LogP contribution in [0, 0.1) is 24.1 Å². The Labute approximate surface area is 122 Å². The smallest absolute Gasteiger partial charge is 0.165 e. The maximum Gasteiger partial charge on any atom is 0.165 e. The molecular weight excluding hydrogens is 265 g/mol. The third-order valence-corrected chi connectivity index (χ3v) is 3.31. The van der Waals surface area contributed by atoms with Gasteiger partial charge in [-0.05, 0) is 36.8 Å². The molecule has 0 fully saturated rings. The van der Waals surface area contributed by atoms with Gasteiger partial charge in [-0.25, -0.2) is 4.39 Å². The van der Waals surface area contributed by atoms with Crippen LogP contribution in [0.15, 0.2) is 54.6 Å². The van der Waals surface area contributed by atoms with Gasteiger partial charge < -0.3 is 4.74 Å². The van der Waals surface area contributed by atoms with Crippen LogP contribution in [0.1, 0.15) is 11.1 Å². The van der Waals surface area contributed by atoms with Crippen LogP contribution in [0.25, 0.3) is 10.8 Å². The second kappa shape index (κ2) is 5.26. The van der Waals surface area contributed by atoms with Crippen molar-refractivity contribution >= 4 is 10.8 Å². The van der Waals surface area contributed by atoms with Crippen LogP contribution in [0.2, 0.25) is 0 Å². The molecule has 3 heteroatoms. The van der Waals surface area contributed by atoms with Crippen LogP contribution in [-0.4, -0.2) is 0 Å². The van der Waals surface area contributed by atoms with E-state index in [1.807, 2.05) is 31.2 Å². The zero-order chi connectivity index (χ0) is 14.8. The lowest BCUT2D eigenvalue weighted by molar-refractivity contribution is 0.446. The summed E-state index contributed by atoms with van der Waals surface area (Å²) in [6.07, 6.45) is 0. The van der Waals surface area contributed by atoms with E-state index in [9.17, 15) is 4.39 Å². The predicted molar refractivity (Wildman–Crippen MR) is 79.9 cm³/mol. The first-order valence-corrected chi connectivity index (χ1v) is 6.55. The van der Waals surface area contributed by atoms with Gasteiger partial charge in [-0.3, -0.25) is 0 Å². The second-order valence-electron chi connectivity index (χ2n) is 4.80.